The van der Waals surface area contributed by atoms with E-state index < -0.39 is 0 Å². The zero-order valence-electron chi connectivity index (χ0n) is 14.9. The summed E-state index contributed by atoms with van der Waals surface area (Å²) in [7, 11) is 1.45. The number of methoxy groups -OCH3 is 1. The Morgan fingerprint density at radius 1 is 1.19 bits per heavy atom. The molecule has 0 aliphatic carbocycles. The molecule has 1 saturated heterocycles. The molecule has 6 nitrogen and oxygen atoms in total. The van der Waals surface area contributed by atoms with E-state index in [0.717, 1.165) is 31.9 Å². The summed E-state index contributed by atoms with van der Waals surface area (Å²) >= 11 is 12.4. The second-order valence-electron chi connectivity index (χ2n) is 6.23. The van der Waals surface area contributed by atoms with Crippen molar-refractivity contribution >= 4 is 34.8 Å². The van der Waals surface area contributed by atoms with Crippen molar-refractivity contribution in [3.8, 4) is 11.5 Å². The molecule has 144 valence electrons. The topological polar surface area (TPSA) is 65.0 Å². The number of anilines is 1. The van der Waals surface area contributed by atoms with Crippen LogP contribution in [0.4, 0.5) is 5.69 Å². The Hall–Kier alpha value is -2.15. The average Bonchev–Trinajstić information content (AvgIpc) is 2.69. The van der Waals surface area contributed by atoms with Crippen LogP contribution in [-0.2, 0) is 0 Å². The Bertz CT molecular complexity index is 824. The minimum absolute atomic E-state index is 0.00449. The van der Waals surface area contributed by atoms with Crippen molar-refractivity contribution < 1.29 is 14.6 Å². The fourth-order valence-electron chi connectivity index (χ4n) is 2.99. The fraction of sp³-hybridized carbons (Fsp3) is 0.316. The number of amides is 1. The molecule has 0 spiro atoms. The van der Waals surface area contributed by atoms with Gasteiger partial charge in [0, 0.05) is 31.7 Å². The van der Waals surface area contributed by atoms with Crippen molar-refractivity contribution in [2.45, 2.75) is 0 Å². The van der Waals surface area contributed by atoms with Gasteiger partial charge in [0.25, 0.3) is 5.91 Å². The molecule has 1 fully saturated rings. The third kappa shape index (κ3) is 4.58. The predicted octanol–water partition coefficient (Wildman–Crippen LogP) is 3.22. The lowest BCUT2D eigenvalue weighted by Crippen LogP contribution is -2.50. The lowest BCUT2D eigenvalue weighted by atomic mass is 10.2. The number of nitrogens with zero attached hydrogens (tertiary/aromatic N) is 2. The Labute approximate surface area is 168 Å². The summed E-state index contributed by atoms with van der Waals surface area (Å²) in [5.74, 6) is 0.0631. The number of phenols is 1. The van der Waals surface area contributed by atoms with Gasteiger partial charge in [0.2, 0.25) is 0 Å². The summed E-state index contributed by atoms with van der Waals surface area (Å²) in [6.07, 6.45) is 0. The second-order valence-corrected chi connectivity index (χ2v) is 7.01. The van der Waals surface area contributed by atoms with Crippen LogP contribution in [0, 0.1) is 0 Å². The molecule has 1 aliphatic rings. The highest BCUT2D eigenvalue weighted by Crippen LogP contribution is 2.32. The quantitative estimate of drug-likeness (QED) is 0.793. The molecule has 2 N–H and O–H groups in total. The molecule has 2 aromatic rings. The first-order valence-electron chi connectivity index (χ1n) is 8.56. The highest BCUT2D eigenvalue weighted by Gasteiger charge is 2.20. The number of benzene rings is 2. The first-order chi connectivity index (χ1) is 13.0. The van der Waals surface area contributed by atoms with Gasteiger partial charge in [-0.1, -0.05) is 29.3 Å². The molecule has 3 rings (SSSR count). The Morgan fingerprint density at radius 3 is 2.63 bits per heavy atom. The number of aromatic hydroxyl groups is 1. The first kappa shape index (κ1) is 19.6. The monoisotopic (exact) mass is 409 g/mol. The van der Waals surface area contributed by atoms with Gasteiger partial charge in [-0.05, 0) is 30.3 Å². The number of hydrogen-bond acceptors (Lipinski definition) is 5. The van der Waals surface area contributed by atoms with Gasteiger partial charge in [-0.25, -0.2) is 0 Å². The van der Waals surface area contributed by atoms with Crippen LogP contribution in [0.1, 0.15) is 10.4 Å². The molecule has 0 atom stereocenters. The van der Waals surface area contributed by atoms with Crippen LogP contribution in [0.15, 0.2) is 36.4 Å². The molecule has 1 aliphatic heterocycles. The molecule has 1 amide bonds. The molecule has 0 bridgehead atoms. The fourth-order valence-corrected chi connectivity index (χ4v) is 3.40. The highest BCUT2D eigenvalue weighted by atomic mass is 35.5. The Kier molecular flexibility index (Phi) is 6.31. The van der Waals surface area contributed by atoms with E-state index in [2.05, 4.69) is 15.1 Å². The van der Waals surface area contributed by atoms with E-state index in [1.54, 1.807) is 12.1 Å². The molecule has 0 aromatic heterocycles. The number of rotatable bonds is 5. The van der Waals surface area contributed by atoms with E-state index in [1.165, 1.54) is 19.2 Å². The third-order valence-electron chi connectivity index (χ3n) is 4.55. The van der Waals surface area contributed by atoms with E-state index in [-0.39, 0.29) is 17.4 Å². The normalized spacial score (nSPS) is 14.9. The van der Waals surface area contributed by atoms with Crippen molar-refractivity contribution in [1.82, 2.24) is 10.2 Å². The summed E-state index contributed by atoms with van der Waals surface area (Å²) < 4.78 is 5.04. The Morgan fingerprint density at radius 2 is 1.93 bits per heavy atom. The molecule has 0 unspecified atom stereocenters. The third-order valence-corrected chi connectivity index (χ3v) is 5.36. The summed E-state index contributed by atoms with van der Waals surface area (Å²) in [4.78, 5) is 16.7. The van der Waals surface area contributed by atoms with E-state index >= 15 is 0 Å². The van der Waals surface area contributed by atoms with Gasteiger partial charge in [0.1, 0.15) is 0 Å². The number of ether oxygens (including phenoxy) is 1. The molecule has 1 heterocycles. The SMILES string of the molecule is COc1cc(C(=O)NCN2CCN(c3cccc(Cl)c3Cl)CC2)ccc1O. The van der Waals surface area contributed by atoms with Gasteiger partial charge in [0.15, 0.2) is 11.5 Å². The smallest absolute Gasteiger partial charge is 0.252 e. The van der Waals surface area contributed by atoms with Crippen LogP contribution < -0.4 is 15.0 Å². The van der Waals surface area contributed by atoms with Crippen LogP contribution in [-0.4, -0.2) is 55.9 Å². The molecular weight excluding hydrogens is 389 g/mol. The summed E-state index contributed by atoms with van der Waals surface area (Å²) in [5.41, 5.74) is 1.37. The van der Waals surface area contributed by atoms with Crippen molar-refractivity contribution in [2.24, 2.45) is 0 Å². The highest BCUT2D eigenvalue weighted by molar-refractivity contribution is 6.43. The molecular formula is C19H21Cl2N3O3. The van der Waals surface area contributed by atoms with E-state index in [0.29, 0.717) is 22.3 Å². The zero-order valence-corrected chi connectivity index (χ0v) is 16.4. The van der Waals surface area contributed by atoms with Crippen LogP contribution in [0.3, 0.4) is 0 Å². The Balaban J connectivity index is 1.52. The number of carbonyl (C=O) groups excluding carboxylic acids is 1. The van der Waals surface area contributed by atoms with Gasteiger partial charge < -0.3 is 20.1 Å². The van der Waals surface area contributed by atoms with E-state index in [4.69, 9.17) is 27.9 Å². The largest absolute Gasteiger partial charge is 0.504 e. The van der Waals surface area contributed by atoms with Crippen molar-refractivity contribution in [2.75, 3.05) is 44.9 Å². The maximum Gasteiger partial charge on any atom is 0.252 e. The van der Waals surface area contributed by atoms with Crippen molar-refractivity contribution in [3.63, 3.8) is 0 Å². The summed E-state index contributed by atoms with van der Waals surface area (Å²) in [6.45, 7) is 3.62. The molecule has 8 heteroatoms. The van der Waals surface area contributed by atoms with E-state index in [9.17, 15) is 9.90 Å². The summed E-state index contributed by atoms with van der Waals surface area (Å²) in [5, 5.41) is 13.6. The lowest BCUT2D eigenvalue weighted by Gasteiger charge is -2.36. The number of carbonyl (C=O) groups is 1. The first-order valence-corrected chi connectivity index (χ1v) is 9.31. The van der Waals surface area contributed by atoms with Gasteiger partial charge >= 0.3 is 0 Å². The minimum Gasteiger partial charge on any atom is -0.504 e. The van der Waals surface area contributed by atoms with Crippen LogP contribution in [0.5, 0.6) is 11.5 Å². The maximum atomic E-state index is 12.3. The molecule has 27 heavy (non-hydrogen) atoms. The van der Waals surface area contributed by atoms with Crippen molar-refractivity contribution in [1.29, 1.82) is 0 Å². The van der Waals surface area contributed by atoms with Gasteiger partial charge in [-0.3, -0.25) is 9.69 Å². The number of phenolic OH excluding ortho intramolecular Hbond substituents is 1. The van der Waals surface area contributed by atoms with Crippen LogP contribution >= 0.6 is 23.2 Å². The second kappa shape index (κ2) is 8.69. The maximum absolute atomic E-state index is 12.3. The summed E-state index contributed by atoms with van der Waals surface area (Å²) in [6, 6.07) is 10.2. The van der Waals surface area contributed by atoms with Gasteiger partial charge in [-0.2, -0.15) is 0 Å². The zero-order chi connectivity index (χ0) is 19.4. The van der Waals surface area contributed by atoms with Crippen LogP contribution in [0.25, 0.3) is 0 Å². The lowest BCUT2D eigenvalue weighted by molar-refractivity contribution is 0.0920. The number of piperazine rings is 1. The molecule has 0 radical (unpaired) electrons. The van der Waals surface area contributed by atoms with E-state index in [1.807, 2.05) is 12.1 Å². The average molecular weight is 410 g/mol. The minimum atomic E-state index is -0.214. The van der Waals surface area contributed by atoms with Gasteiger partial charge in [-0.15, -0.1) is 0 Å². The molecule has 2 aromatic carbocycles. The molecule has 0 saturated carbocycles. The van der Waals surface area contributed by atoms with Crippen LogP contribution in [0.2, 0.25) is 10.0 Å². The predicted molar refractivity (Wildman–Crippen MR) is 107 cm³/mol. The standard InChI is InChI=1S/C19H21Cl2N3O3/c1-27-17-11-13(5-6-16(17)25)19(26)22-12-23-7-9-24(10-8-23)15-4-2-3-14(20)18(15)21/h2-6,11,25H,7-10,12H2,1H3,(H,22,26). The van der Waals surface area contributed by atoms with Gasteiger partial charge in [0.05, 0.1) is 29.5 Å². The number of nitrogens with one attached hydrogen (secondary N) is 1. The number of halogens is 2. The number of hydrogen-bond donors (Lipinski definition) is 2. The van der Waals surface area contributed by atoms with Crippen molar-refractivity contribution in [3.05, 3.63) is 52.0 Å².